The van der Waals surface area contributed by atoms with Crippen LogP contribution in [0.3, 0.4) is 0 Å². The molecule has 3 saturated carbocycles. The van der Waals surface area contributed by atoms with Crippen LogP contribution >= 0.6 is 11.3 Å². The molecule has 13 heteroatoms. The van der Waals surface area contributed by atoms with E-state index in [1.807, 2.05) is 13.0 Å². The van der Waals surface area contributed by atoms with Gasteiger partial charge in [-0.2, -0.15) is 18.4 Å². The van der Waals surface area contributed by atoms with Crippen LogP contribution < -0.4 is 16.4 Å². The first-order chi connectivity index (χ1) is 22.8. The largest absolute Gasteiger partial charge is 0.393 e. The Morgan fingerprint density at radius 2 is 1.96 bits per heavy atom. The highest BCUT2D eigenvalue weighted by Crippen LogP contribution is 2.72. The number of nitrogens with two attached hydrogens (primary N) is 1. The van der Waals surface area contributed by atoms with Crippen molar-refractivity contribution in [2.45, 2.75) is 96.2 Å². The molecule has 4 aromatic rings. The van der Waals surface area contributed by atoms with E-state index < -0.39 is 18.6 Å². The zero-order valence-electron chi connectivity index (χ0n) is 27.5. The Hall–Kier alpha value is -3.73. The van der Waals surface area contributed by atoms with Crippen LogP contribution in [-0.4, -0.2) is 62.2 Å². The van der Waals surface area contributed by atoms with E-state index in [0.29, 0.717) is 34.1 Å². The third kappa shape index (κ3) is 5.71. The van der Waals surface area contributed by atoms with Crippen LogP contribution in [0.2, 0.25) is 0 Å². The van der Waals surface area contributed by atoms with Crippen LogP contribution in [0.1, 0.15) is 67.6 Å². The minimum absolute atomic E-state index is 0.0679. The number of aryl methyl sites for hydroxylation is 1. The van der Waals surface area contributed by atoms with Crippen molar-refractivity contribution in [2.24, 2.45) is 17.1 Å². The van der Waals surface area contributed by atoms with E-state index in [1.165, 1.54) is 17.5 Å². The van der Waals surface area contributed by atoms with Crippen molar-refractivity contribution in [3.05, 3.63) is 52.3 Å². The summed E-state index contributed by atoms with van der Waals surface area (Å²) in [6.45, 7) is 9.56. The number of halogens is 3. The number of nitrogens with zero attached hydrogens (tertiary/aromatic N) is 5. The fraction of sp³-hybridized carbons (Fsp3) is 0.543. The summed E-state index contributed by atoms with van der Waals surface area (Å²) in [6.07, 6.45) is 0.380. The second kappa shape index (κ2) is 12.0. The second-order valence-electron chi connectivity index (χ2n) is 14.2. The van der Waals surface area contributed by atoms with Gasteiger partial charge in [0, 0.05) is 53.5 Å². The first-order valence-corrected chi connectivity index (χ1v) is 17.5. The van der Waals surface area contributed by atoms with Crippen LogP contribution in [0.4, 0.5) is 19.0 Å². The number of nitriles is 1. The van der Waals surface area contributed by atoms with Crippen LogP contribution in [0.5, 0.6) is 0 Å². The number of piperidine rings is 1. The van der Waals surface area contributed by atoms with Gasteiger partial charge in [-0.1, -0.05) is 19.9 Å². The monoisotopic (exact) mass is 678 g/mol. The highest BCUT2D eigenvalue weighted by atomic mass is 32.1. The zero-order valence-corrected chi connectivity index (χ0v) is 28.3. The SMILES string of the molecule is CC[C@@H](N)C(=O)NC12CC(Cn3c(C#N)cc4c(C)c(CN5CCC(Nc6ncnc7sc(CC(F)(F)F)cc67)CC5)ccc43)(C1)[C@@H]2C. The van der Waals surface area contributed by atoms with Gasteiger partial charge in [0.1, 0.15) is 28.7 Å². The van der Waals surface area contributed by atoms with Gasteiger partial charge >= 0.3 is 6.18 Å². The Morgan fingerprint density at radius 1 is 1.21 bits per heavy atom. The molecule has 9 nitrogen and oxygen atoms in total. The van der Waals surface area contributed by atoms with Gasteiger partial charge in [-0.3, -0.25) is 9.69 Å². The van der Waals surface area contributed by atoms with Crippen molar-refractivity contribution in [1.82, 2.24) is 24.8 Å². The molecule has 4 heterocycles. The molecule has 3 aliphatic carbocycles. The lowest BCUT2D eigenvalue weighted by Gasteiger charge is -2.76. The third-order valence-corrected chi connectivity index (χ3v) is 12.4. The molecular weight excluding hydrogens is 638 g/mol. The average molecular weight is 679 g/mol. The van der Waals surface area contributed by atoms with E-state index in [0.717, 1.165) is 74.1 Å². The summed E-state index contributed by atoms with van der Waals surface area (Å²) in [7, 11) is 0. The molecule has 2 atom stereocenters. The van der Waals surface area contributed by atoms with Gasteiger partial charge in [-0.05, 0) is 79.7 Å². The van der Waals surface area contributed by atoms with E-state index in [-0.39, 0.29) is 27.8 Å². The van der Waals surface area contributed by atoms with Gasteiger partial charge < -0.3 is 20.9 Å². The highest BCUT2D eigenvalue weighted by Gasteiger charge is 2.74. The fourth-order valence-electron chi connectivity index (χ4n) is 8.36. The number of likely N-dealkylation sites (tertiary alicyclic amines) is 1. The first kappa shape index (κ1) is 32.8. The smallest absolute Gasteiger partial charge is 0.367 e. The lowest BCUT2D eigenvalue weighted by atomic mass is 9.33. The number of aromatic nitrogens is 3. The van der Waals surface area contributed by atoms with E-state index in [4.69, 9.17) is 5.73 Å². The maximum absolute atomic E-state index is 13.0. The standard InChI is InChI=1S/C35H41F3N8OS/c1-4-28(40)31(47)44-34-16-33(17-34,21(34)3)18-46-24(14-39)11-26-20(2)22(5-6-29(26)46)15-45-9-7-23(8-10-45)43-30-27-12-25(13-35(36,37)38)48-32(27)42-19-41-30/h5-6,11-12,19,21,23,28H,4,7-10,13,15-18,40H2,1-3H3,(H,44,47)(H,41,42,43)/t21-,28+,33?,34?/m0/s1. The number of anilines is 1. The Balaban J connectivity index is 0.990. The third-order valence-electron chi connectivity index (χ3n) is 11.4. The summed E-state index contributed by atoms with van der Waals surface area (Å²) >= 11 is 1.06. The zero-order chi connectivity index (χ0) is 34.0. The van der Waals surface area contributed by atoms with Gasteiger partial charge in [-0.25, -0.2) is 9.97 Å². The number of amides is 1. The average Bonchev–Trinajstić information content (AvgIpc) is 3.62. The normalized spacial score (nSPS) is 25.0. The van der Waals surface area contributed by atoms with Gasteiger partial charge in [0.05, 0.1) is 17.8 Å². The summed E-state index contributed by atoms with van der Waals surface area (Å²) in [6, 6.07) is 10.0. The number of alkyl halides is 3. The van der Waals surface area contributed by atoms with Crippen molar-refractivity contribution in [3.63, 3.8) is 0 Å². The lowest BCUT2D eigenvalue weighted by molar-refractivity contribution is -0.228. The fourth-order valence-corrected chi connectivity index (χ4v) is 9.38. The molecule has 0 radical (unpaired) electrons. The van der Waals surface area contributed by atoms with Crippen molar-refractivity contribution >= 4 is 44.2 Å². The summed E-state index contributed by atoms with van der Waals surface area (Å²) in [5.41, 5.74) is 10.0. The Labute approximate surface area is 281 Å². The lowest BCUT2D eigenvalue weighted by Crippen LogP contribution is -2.82. The molecule has 4 N–H and O–H groups in total. The number of benzene rings is 1. The molecule has 254 valence electrons. The molecule has 3 aromatic heterocycles. The van der Waals surface area contributed by atoms with E-state index in [2.05, 4.69) is 62.1 Å². The molecule has 1 amide bonds. The molecule has 1 aliphatic heterocycles. The number of thiophene rings is 1. The Kier molecular flexibility index (Phi) is 8.20. The molecule has 8 rings (SSSR count). The Morgan fingerprint density at radius 3 is 2.62 bits per heavy atom. The van der Waals surface area contributed by atoms with E-state index in [9.17, 15) is 23.2 Å². The van der Waals surface area contributed by atoms with Crippen LogP contribution in [-0.2, 0) is 24.3 Å². The molecule has 0 spiro atoms. The molecule has 2 bridgehead atoms. The molecule has 1 aromatic carbocycles. The van der Waals surface area contributed by atoms with Crippen molar-refractivity contribution < 1.29 is 18.0 Å². The summed E-state index contributed by atoms with van der Waals surface area (Å²) in [5.74, 6) is 0.839. The molecule has 4 aliphatic rings. The minimum atomic E-state index is -4.26. The number of hydrogen-bond donors (Lipinski definition) is 3. The first-order valence-electron chi connectivity index (χ1n) is 16.7. The molecule has 0 unspecified atom stereocenters. The van der Waals surface area contributed by atoms with Gasteiger partial charge in [-0.15, -0.1) is 11.3 Å². The summed E-state index contributed by atoms with van der Waals surface area (Å²) < 4.78 is 41.0. The quantitative estimate of drug-likeness (QED) is 0.187. The maximum atomic E-state index is 13.0. The van der Waals surface area contributed by atoms with Crippen molar-refractivity contribution in [2.75, 3.05) is 18.4 Å². The number of fused-ring (bicyclic) bond motifs is 2. The predicted octanol–water partition coefficient (Wildman–Crippen LogP) is 6.03. The van der Waals surface area contributed by atoms with Gasteiger partial charge in [0.2, 0.25) is 5.91 Å². The molecular formula is C35H41F3N8OS. The number of hydrogen-bond acceptors (Lipinski definition) is 8. The van der Waals surface area contributed by atoms with Crippen molar-refractivity contribution in [1.29, 1.82) is 5.26 Å². The number of rotatable bonds is 10. The van der Waals surface area contributed by atoms with Crippen LogP contribution in [0, 0.1) is 29.6 Å². The number of nitrogens with one attached hydrogen (secondary N) is 2. The van der Waals surface area contributed by atoms with E-state index >= 15 is 0 Å². The second-order valence-corrected chi connectivity index (χ2v) is 15.4. The topological polar surface area (TPSA) is 125 Å². The van der Waals surface area contributed by atoms with Gasteiger partial charge in [0.25, 0.3) is 0 Å². The number of carbonyl (C=O) groups is 1. The van der Waals surface area contributed by atoms with Crippen molar-refractivity contribution in [3.8, 4) is 6.07 Å². The highest BCUT2D eigenvalue weighted by molar-refractivity contribution is 7.18. The van der Waals surface area contributed by atoms with Crippen LogP contribution in [0.15, 0.2) is 30.6 Å². The van der Waals surface area contributed by atoms with E-state index in [1.54, 1.807) is 6.07 Å². The summed E-state index contributed by atoms with van der Waals surface area (Å²) in [5, 5.41) is 18.5. The molecule has 4 fully saturated rings. The summed E-state index contributed by atoms with van der Waals surface area (Å²) in [4.78, 5) is 24.3. The number of carbonyl (C=O) groups excluding carboxylic acids is 1. The maximum Gasteiger partial charge on any atom is 0.393 e. The molecule has 1 saturated heterocycles. The van der Waals surface area contributed by atoms with Gasteiger partial charge in [0.15, 0.2) is 0 Å². The molecule has 48 heavy (non-hydrogen) atoms. The predicted molar refractivity (Wildman–Crippen MR) is 180 cm³/mol. The minimum Gasteiger partial charge on any atom is -0.367 e. The Bertz CT molecular complexity index is 1910. The van der Waals surface area contributed by atoms with Crippen LogP contribution in [0.25, 0.3) is 21.1 Å².